The minimum absolute atomic E-state index is 0.0185. The van der Waals surface area contributed by atoms with Crippen molar-refractivity contribution in [3.05, 3.63) is 41.9 Å². The first-order chi connectivity index (χ1) is 10.5. The van der Waals surface area contributed by atoms with Gasteiger partial charge in [-0.1, -0.05) is 20.4 Å². The van der Waals surface area contributed by atoms with E-state index in [9.17, 15) is 19.2 Å². The van der Waals surface area contributed by atoms with E-state index >= 15 is 0 Å². The quantitative estimate of drug-likeness (QED) is 0.731. The highest BCUT2D eigenvalue weighted by atomic mass is 16.2. The molecule has 0 aromatic carbocycles. The van der Waals surface area contributed by atoms with E-state index in [2.05, 4.69) is 16.9 Å². The van der Waals surface area contributed by atoms with Crippen LogP contribution in [0.25, 0.3) is 0 Å². The molecule has 1 aromatic rings. The van der Waals surface area contributed by atoms with Gasteiger partial charge in [-0.25, -0.2) is 4.79 Å². The van der Waals surface area contributed by atoms with Crippen LogP contribution in [0.15, 0.2) is 30.6 Å². The van der Waals surface area contributed by atoms with Crippen LogP contribution in [0.2, 0.25) is 0 Å². The van der Waals surface area contributed by atoms with Gasteiger partial charge in [-0.3, -0.25) is 29.6 Å². The number of hydrogen-bond donors (Lipinski definition) is 2. The number of hydrogen-bond acceptors (Lipinski definition) is 5. The highest BCUT2D eigenvalue weighted by Gasteiger charge is 2.46. The van der Waals surface area contributed by atoms with E-state index in [1.165, 1.54) is 18.3 Å². The van der Waals surface area contributed by atoms with Crippen molar-refractivity contribution in [1.29, 1.82) is 0 Å². The van der Waals surface area contributed by atoms with Crippen molar-refractivity contribution in [2.24, 2.45) is 0 Å². The maximum Gasteiger partial charge on any atom is 0.325 e. The number of carbonyl (C=O) groups excluding carboxylic acids is 4. The van der Waals surface area contributed by atoms with Gasteiger partial charge in [0.1, 0.15) is 5.69 Å². The van der Waals surface area contributed by atoms with E-state index < -0.39 is 29.8 Å². The van der Waals surface area contributed by atoms with E-state index in [4.69, 9.17) is 0 Å². The maximum atomic E-state index is 12.2. The third kappa shape index (κ3) is 2.24. The molecule has 2 N–H and O–H groups in total. The lowest BCUT2D eigenvalue weighted by atomic mass is 10.1. The average molecular weight is 302 g/mol. The van der Waals surface area contributed by atoms with Gasteiger partial charge in [0.25, 0.3) is 17.7 Å². The number of nitrogens with one attached hydrogen (secondary N) is 2. The molecule has 1 unspecified atom stereocenters. The van der Waals surface area contributed by atoms with Crippen molar-refractivity contribution in [3.63, 3.8) is 0 Å². The zero-order valence-corrected chi connectivity index (χ0v) is 12.0. The summed E-state index contributed by atoms with van der Waals surface area (Å²) < 4.78 is 0. The first-order valence-corrected chi connectivity index (χ1v) is 6.64. The van der Waals surface area contributed by atoms with Gasteiger partial charge in [-0.05, 0) is 12.1 Å². The summed E-state index contributed by atoms with van der Waals surface area (Å²) in [6, 6.07) is 0.947. The molecular formula is C14H14N4O4. The molecule has 8 nitrogen and oxygen atoms in total. The van der Waals surface area contributed by atoms with E-state index in [1.807, 2.05) is 19.2 Å². The molecule has 5 amide bonds. The number of nitrogens with zero attached hydrogens (tertiary/aromatic N) is 2. The Hall–Kier alpha value is -3.03. The van der Waals surface area contributed by atoms with Gasteiger partial charge in [0.05, 0.1) is 5.56 Å². The van der Waals surface area contributed by atoms with Crippen LogP contribution in [0.1, 0.15) is 34.7 Å². The smallest absolute Gasteiger partial charge is 0.309 e. The number of imide groups is 2. The summed E-state index contributed by atoms with van der Waals surface area (Å²) in [6.45, 7) is 7.51. The number of pyridine rings is 1. The summed E-state index contributed by atoms with van der Waals surface area (Å²) in [5.41, 5.74) is 0.0678. The molecule has 22 heavy (non-hydrogen) atoms. The molecular weight excluding hydrogens is 288 g/mol. The van der Waals surface area contributed by atoms with Gasteiger partial charge in [-0.15, -0.1) is 0 Å². The second-order valence-electron chi connectivity index (χ2n) is 4.25. The van der Waals surface area contributed by atoms with Crippen LogP contribution in [0.4, 0.5) is 4.79 Å². The van der Waals surface area contributed by atoms with Crippen LogP contribution in [-0.2, 0) is 4.79 Å². The molecule has 2 aliphatic rings. The van der Waals surface area contributed by atoms with Gasteiger partial charge in [0.2, 0.25) is 0 Å². The monoisotopic (exact) mass is 302 g/mol. The summed E-state index contributed by atoms with van der Waals surface area (Å²) in [7, 11) is 0. The zero-order valence-electron chi connectivity index (χ0n) is 12.0. The third-order valence-corrected chi connectivity index (χ3v) is 3.03. The van der Waals surface area contributed by atoms with Crippen LogP contribution in [0, 0.1) is 0 Å². The first kappa shape index (κ1) is 15.4. The maximum absolute atomic E-state index is 12.2. The highest BCUT2D eigenvalue weighted by Crippen LogP contribution is 2.25. The van der Waals surface area contributed by atoms with E-state index in [-0.39, 0.29) is 17.0 Å². The average Bonchev–Trinajstić information content (AvgIpc) is 2.74. The molecule has 0 bridgehead atoms. The van der Waals surface area contributed by atoms with Crippen molar-refractivity contribution in [3.8, 4) is 0 Å². The zero-order chi connectivity index (χ0) is 16.4. The van der Waals surface area contributed by atoms with Gasteiger partial charge in [0.15, 0.2) is 6.04 Å². The minimum atomic E-state index is -1.28. The fourth-order valence-corrected chi connectivity index (χ4v) is 2.18. The van der Waals surface area contributed by atoms with Crippen molar-refractivity contribution >= 4 is 23.8 Å². The predicted molar refractivity (Wildman–Crippen MR) is 75.7 cm³/mol. The first-order valence-electron chi connectivity index (χ1n) is 6.64. The van der Waals surface area contributed by atoms with Gasteiger partial charge >= 0.3 is 6.03 Å². The Morgan fingerprint density at radius 3 is 2.41 bits per heavy atom. The van der Waals surface area contributed by atoms with Crippen molar-refractivity contribution in [1.82, 2.24) is 20.5 Å². The van der Waals surface area contributed by atoms with Crippen molar-refractivity contribution in [2.45, 2.75) is 19.9 Å². The third-order valence-electron chi connectivity index (χ3n) is 3.03. The number of carbonyl (C=O) groups is 4. The Morgan fingerprint density at radius 2 is 1.82 bits per heavy atom. The second kappa shape index (κ2) is 5.76. The van der Waals surface area contributed by atoms with Crippen molar-refractivity contribution < 1.29 is 19.2 Å². The van der Waals surface area contributed by atoms with Gasteiger partial charge < -0.3 is 5.32 Å². The Morgan fingerprint density at radius 1 is 1.14 bits per heavy atom. The standard InChI is InChI=1S/C12H8N4O4.C2H6/c1-5-8(9(17)15-12(20)14-5)16-10(18)6-3-2-4-13-7(6)11(16)19;1-2/h2-4,8H,1H2,(H2,14,15,17,20);1-2H3. The molecule has 0 radical (unpaired) electrons. The van der Waals surface area contributed by atoms with Gasteiger partial charge in [-0.2, -0.15) is 0 Å². The Balaban J connectivity index is 0.000000847. The van der Waals surface area contributed by atoms with E-state index in [1.54, 1.807) is 0 Å². The molecule has 1 aromatic heterocycles. The molecule has 0 spiro atoms. The largest absolute Gasteiger partial charge is 0.325 e. The molecule has 114 valence electrons. The van der Waals surface area contributed by atoms with Crippen molar-refractivity contribution in [2.75, 3.05) is 0 Å². The highest BCUT2D eigenvalue weighted by molar-refractivity contribution is 6.23. The summed E-state index contributed by atoms with van der Waals surface area (Å²) in [4.78, 5) is 51.9. The molecule has 3 heterocycles. The minimum Gasteiger partial charge on any atom is -0.309 e. The molecule has 1 saturated heterocycles. The molecule has 8 heteroatoms. The lowest BCUT2D eigenvalue weighted by molar-refractivity contribution is -0.123. The van der Waals surface area contributed by atoms with Crippen LogP contribution < -0.4 is 10.6 Å². The van der Waals surface area contributed by atoms with Crippen LogP contribution >= 0.6 is 0 Å². The van der Waals surface area contributed by atoms with E-state index in [0.717, 1.165) is 4.90 Å². The van der Waals surface area contributed by atoms with Crippen LogP contribution in [0.5, 0.6) is 0 Å². The number of urea groups is 1. The number of aromatic nitrogens is 1. The number of amides is 5. The summed E-state index contributed by atoms with van der Waals surface area (Å²) in [6.07, 6.45) is 1.38. The fraction of sp³-hybridized carbons (Fsp3) is 0.214. The van der Waals surface area contributed by atoms with Crippen LogP contribution in [-0.4, -0.2) is 39.7 Å². The second-order valence-corrected chi connectivity index (χ2v) is 4.25. The molecule has 2 aliphatic heterocycles. The Labute approximate surface area is 126 Å². The lowest BCUT2D eigenvalue weighted by Gasteiger charge is -2.30. The topological polar surface area (TPSA) is 108 Å². The normalized spacial score (nSPS) is 20.0. The Kier molecular flexibility index (Phi) is 4.02. The predicted octanol–water partition coefficient (Wildman–Crippen LogP) is 0.425. The molecule has 1 fully saturated rings. The summed E-state index contributed by atoms with van der Waals surface area (Å²) >= 11 is 0. The summed E-state index contributed by atoms with van der Waals surface area (Å²) in [5.74, 6) is -2.12. The summed E-state index contributed by atoms with van der Waals surface area (Å²) in [5, 5.41) is 4.26. The molecule has 0 saturated carbocycles. The van der Waals surface area contributed by atoms with Gasteiger partial charge in [0, 0.05) is 11.9 Å². The SMILES string of the molecule is C=C1NC(=O)NC(=O)C1N1C(=O)c2cccnc2C1=O.CC. The molecule has 1 atom stereocenters. The van der Waals surface area contributed by atoms with Crippen LogP contribution in [0.3, 0.4) is 0 Å². The van der Waals surface area contributed by atoms with E-state index in [0.29, 0.717) is 0 Å². The fourth-order valence-electron chi connectivity index (χ4n) is 2.18. The molecule has 3 rings (SSSR count). The Bertz CT molecular complexity index is 643. The lowest BCUT2D eigenvalue weighted by Crippen LogP contribution is -2.60. The molecule has 0 aliphatic carbocycles. The number of rotatable bonds is 1. The number of fused-ring (bicyclic) bond motifs is 1.